The Balaban J connectivity index is 2.25. The van der Waals surface area contributed by atoms with Gasteiger partial charge in [0.15, 0.2) is 5.76 Å². The minimum Gasteiger partial charge on any atom is -0.458 e. The molecular weight excluding hydrogens is 320 g/mol. The fraction of sp³-hybridized carbons (Fsp3) is 0.467. The smallest absolute Gasteiger partial charge is 0.203 e. The van der Waals surface area contributed by atoms with Gasteiger partial charge in [-0.3, -0.25) is 9.48 Å². The topological polar surface area (TPSA) is 48.0 Å². The highest BCUT2D eigenvalue weighted by molar-refractivity contribution is 9.10. The van der Waals surface area contributed by atoms with Crippen LogP contribution in [0, 0.1) is 0 Å². The van der Waals surface area contributed by atoms with E-state index in [4.69, 9.17) is 4.42 Å². The number of carbonyl (C=O) groups is 1. The van der Waals surface area contributed by atoms with E-state index in [1.54, 1.807) is 6.07 Å². The minimum absolute atomic E-state index is 0.0114. The van der Waals surface area contributed by atoms with Gasteiger partial charge in [0.2, 0.25) is 5.78 Å². The van der Waals surface area contributed by atoms with E-state index in [1.807, 2.05) is 24.6 Å². The highest BCUT2D eigenvalue weighted by atomic mass is 79.9. The fourth-order valence-corrected chi connectivity index (χ4v) is 2.85. The van der Waals surface area contributed by atoms with E-state index in [1.165, 1.54) is 0 Å². The molecule has 0 saturated carbocycles. The second-order valence-corrected chi connectivity index (χ2v) is 5.39. The number of halogens is 1. The largest absolute Gasteiger partial charge is 0.458 e. The highest BCUT2D eigenvalue weighted by Crippen LogP contribution is 2.24. The van der Waals surface area contributed by atoms with Crippen LogP contribution in [0.25, 0.3) is 0 Å². The molecule has 0 amide bonds. The Kier molecular flexibility index (Phi) is 4.81. The molecule has 0 unspecified atom stereocenters. The zero-order chi connectivity index (χ0) is 14.7. The Morgan fingerprint density at radius 3 is 2.60 bits per heavy atom. The van der Waals surface area contributed by atoms with Gasteiger partial charge in [0, 0.05) is 13.0 Å². The van der Waals surface area contributed by atoms with Crippen LogP contribution in [0.5, 0.6) is 0 Å². The van der Waals surface area contributed by atoms with E-state index >= 15 is 0 Å². The first kappa shape index (κ1) is 15.0. The molecule has 0 radical (unpaired) electrons. The molecule has 20 heavy (non-hydrogen) atoms. The van der Waals surface area contributed by atoms with Crippen LogP contribution in [0.4, 0.5) is 0 Å². The molecule has 0 atom stereocenters. The van der Waals surface area contributed by atoms with Gasteiger partial charge in [-0.15, -0.1) is 0 Å². The van der Waals surface area contributed by atoms with Gasteiger partial charge in [-0.25, -0.2) is 0 Å². The van der Waals surface area contributed by atoms with Crippen LogP contribution in [0.2, 0.25) is 0 Å². The fourth-order valence-electron chi connectivity index (χ4n) is 2.14. The number of aromatic nitrogens is 2. The number of hydrogen-bond acceptors (Lipinski definition) is 3. The molecule has 0 fully saturated rings. The number of carbonyl (C=O) groups excluding carboxylic acids is 1. The molecule has 2 heterocycles. The van der Waals surface area contributed by atoms with Crippen LogP contribution < -0.4 is 0 Å². The Morgan fingerprint density at radius 2 is 2.05 bits per heavy atom. The molecule has 2 rings (SSSR count). The van der Waals surface area contributed by atoms with Gasteiger partial charge in [0.05, 0.1) is 22.3 Å². The first-order chi connectivity index (χ1) is 9.60. The van der Waals surface area contributed by atoms with Crippen LogP contribution in [0.15, 0.2) is 21.0 Å². The number of furan rings is 1. The lowest BCUT2D eigenvalue weighted by atomic mass is 10.1. The van der Waals surface area contributed by atoms with Gasteiger partial charge < -0.3 is 4.42 Å². The Hall–Kier alpha value is -1.36. The molecular formula is C15H19BrN2O2. The molecule has 0 aliphatic carbocycles. The molecule has 0 aliphatic rings. The van der Waals surface area contributed by atoms with Gasteiger partial charge in [0.25, 0.3) is 0 Å². The molecule has 0 spiro atoms. The molecule has 108 valence electrons. The third-order valence-corrected chi connectivity index (χ3v) is 4.22. The first-order valence-electron chi connectivity index (χ1n) is 6.96. The standard InChI is InChI=1S/C15H19BrN2O2/c1-4-10-7-8-14(20-10)13(19)9-12-15(16)11(5-2)17-18(12)6-3/h7-8H,4-6,9H2,1-3H3. The summed E-state index contributed by atoms with van der Waals surface area (Å²) >= 11 is 3.56. The molecule has 0 bridgehead atoms. The summed E-state index contributed by atoms with van der Waals surface area (Å²) in [5, 5.41) is 4.50. The third-order valence-electron chi connectivity index (χ3n) is 3.31. The van der Waals surface area contributed by atoms with Crippen molar-refractivity contribution in [2.75, 3.05) is 0 Å². The van der Waals surface area contributed by atoms with Gasteiger partial charge in [-0.05, 0) is 41.4 Å². The van der Waals surface area contributed by atoms with E-state index < -0.39 is 0 Å². The van der Waals surface area contributed by atoms with E-state index in [-0.39, 0.29) is 5.78 Å². The molecule has 2 aromatic heterocycles. The zero-order valence-electron chi connectivity index (χ0n) is 12.1. The minimum atomic E-state index is -0.0114. The van der Waals surface area contributed by atoms with Crippen LogP contribution >= 0.6 is 15.9 Å². The molecule has 0 aliphatic heterocycles. The second-order valence-electron chi connectivity index (χ2n) is 4.60. The normalized spacial score (nSPS) is 11.0. The summed E-state index contributed by atoms with van der Waals surface area (Å²) in [4.78, 5) is 12.3. The van der Waals surface area contributed by atoms with E-state index in [0.29, 0.717) is 12.2 Å². The first-order valence-corrected chi connectivity index (χ1v) is 7.75. The van der Waals surface area contributed by atoms with Crippen LogP contribution in [0.3, 0.4) is 0 Å². The molecule has 5 heteroatoms. The summed E-state index contributed by atoms with van der Waals surface area (Å²) in [6.45, 7) is 6.83. The third kappa shape index (κ3) is 2.87. The van der Waals surface area contributed by atoms with Crippen LogP contribution in [0.1, 0.15) is 48.5 Å². The van der Waals surface area contributed by atoms with Gasteiger partial charge in [-0.1, -0.05) is 13.8 Å². The molecule has 2 aromatic rings. The maximum absolute atomic E-state index is 12.3. The maximum Gasteiger partial charge on any atom is 0.203 e. The maximum atomic E-state index is 12.3. The lowest BCUT2D eigenvalue weighted by Gasteiger charge is -2.03. The van der Waals surface area contributed by atoms with Crippen molar-refractivity contribution in [2.24, 2.45) is 0 Å². The van der Waals surface area contributed by atoms with Crippen LogP contribution in [-0.2, 0) is 25.8 Å². The zero-order valence-corrected chi connectivity index (χ0v) is 13.7. The number of hydrogen-bond donors (Lipinski definition) is 0. The number of ketones is 1. The van der Waals surface area contributed by atoms with Gasteiger partial charge in [0.1, 0.15) is 5.76 Å². The summed E-state index contributed by atoms with van der Waals surface area (Å²) in [6.07, 6.45) is 1.94. The van der Waals surface area contributed by atoms with Crippen molar-refractivity contribution < 1.29 is 9.21 Å². The Labute approximate surface area is 127 Å². The lowest BCUT2D eigenvalue weighted by Crippen LogP contribution is -2.09. The van der Waals surface area contributed by atoms with Crippen molar-refractivity contribution in [3.8, 4) is 0 Å². The molecule has 0 saturated heterocycles. The summed E-state index contributed by atoms with van der Waals surface area (Å²) < 4.78 is 8.34. The monoisotopic (exact) mass is 338 g/mol. The van der Waals surface area contributed by atoms with E-state index in [2.05, 4.69) is 28.0 Å². The average molecular weight is 339 g/mol. The quantitative estimate of drug-likeness (QED) is 0.752. The number of Topliss-reactive ketones (excluding diaryl/α,β-unsaturated/α-hetero) is 1. The van der Waals surface area contributed by atoms with E-state index in [0.717, 1.165) is 41.0 Å². The highest BCUT2D eigenvalue weighted by Gasteiger charge is 2.19. The lowest BCUT2D eigenvalue weighted by molar-refractivity contribution is 0.0962. The summed E-state index contributed by atoms with van der Waals surface area (Å²) in [5.74, 6) is 1.25. The van der Waals surface area contributed by atoms with Gasteiger partial charge >= 0.3 is 0 Å². The predicted octanol–water partition coefficient (Wildman–Crippen LogP) is 3.81. The Morgan fingerprint density at radius 1 is 1.30 bits per heavy atom. The summed E-state index contributed by atoms with van der Waals surface area (Å²) in [6, 6.07) is 3.61. The van der Waals surface area contributed by atoms with Gasteiger partial charge in [-0.2, -0.15) is 5.10 Å². The van der Waals surface area contributed by atoms with Crippen molar-refractivity contribution in [1.82, 2.24) is 9.78 Å². The SMILES string of the molecule is CCc1ccc(C(=O)Cc2c(Br)c(CC)nn2CC)o1. The second kappa shape index (κ2) is 6.39. The van der Waals surface area contributed by atoms with Crippen LogP contribution in [-0.4, -0.2) is 15.6 Å². The summed E-state index contributed by atoms with van der Waals surface area (Å²) in [5.41, 5.74) is 1.91. The van der Waals surface area contributed by atoms with Crippen molar-refractivity contribution in [3.63, 3.8) is 0 Å². The number of nitrogens with zero attached hydrogens (tertiary/aromatic N) is 2. The van der Waals surface area contributed by atoms with Crippen molar-refractivity contribution in [2.45, 2.75) is 46.6 Å². The molecule has 4 nitrogen and oxygen atoms in total. The van der Waals surface area contributed by atoms with Crippen molar-refractivity contribution in [3.05, 3.63) is 39.5 Å². The Bertz CT molecular complexity index is 613. The molecule has 0 N–H and O–H groups in total. The summed E-state index contributed by atoms with van der Waals surface area (Å²) in [7, 11) is 0. The average Bonchev–Trinajstić information content (AvgIpc) is 3.05. The number of aryl methyl sites for hydroxylation is 3. The van der Waals surface area contributed by atoms with Crippen molar-refractivity contribution in [1.29, 1.82) is 0 Å². The predicted molar refractivity (Wildman–Crippen MR) is 81.1 cm³/mol. The molecule has 0 aromatic carbocycles. The number of rotatable bonds is 6. The van der Waals surface area contributed by atoms with E-state index in [9.17, 15) is 4.79 Å². The van der Waals surface area contributed by atoms with Crippen molar-refractivity contribution >= 4 is 21.7 Å².